The number of carboxylic acid groups (broad SMARTS) is 1. The molecule has 1 saturated heterocycles. The zero-order valence-corrected chi connectivity index (χ0v) is 13.7. The Morgan fingerprint density at radius 2 is 2.29 bits per heavy atom. The number of nitrogens with zero attached hydrogens (tertiary/aromatic N) is 2. The molecule has 21 heavy (non-hydrogen) atoms. The fourth-order valence-corrected chi connectivity index (χ4v) is 4.41. The molecule has 0 radical (unpaired) electrons. The predicted molar refractivity (Wildman–Crippen MR) is 85.5 cm³/mol. The van der Waals surface area contributed by atoms with Crippen molar-refractivity contribution >= 4 is 33.2 Å². The highest BCUT2D eigenvalue weighted by Gasteiger charge is 2.37. The van der Waals surface area contributed by atoms with Crippen LogP contribution in [0.4, 0.5) is 0 Å². The molecule has 1 N–H and O–H groups in total. The van der Waals surface area contributed by atoms with Gasteiger partial charge in [-0.05, 0) is 53.0 Å². The van der Waals surface area contributed by atoms with Gasteiger partial charge in [0.25, 0.3) is 0 Å². The first-order valence-electron chi connectivity index (χ1n) is 6.81. The molecule has 2 aromatic heterocycles. The van der Waals surface area contributed by atoms with Gasteiger partial charge >= 0.3 is 5.97 Å². The standard InChI is InChI=1S/C15H15BrN2O2S/c16-13-7-6-12(21-13)14(10-4-1-2-8-17-10)18-9-3-5-11(18)15(19)20/h1-2,4,6-8,11,14H,3,5,9H2,(H,19,20). The summed E-state index contributed by atoms with van der Waals surface area (Å²) in [5.41, 5.74) is 0.903. The van der Waals surface area contributed by atoms with Crippen molar-refractivity contribution in [2.75, 3.05) is 6.54 Å². The number of halogens is 1. The number of likely N-dealkylation sites (tertiary alicyclic amines) is 1. The lowest BCUT2D eigenvalue weighted by Gasteiger charge is -2.30. The molecule has 0 aromatic carbocycles. The lowest BCUT2D eigenvalue weighted by Crippen LogP contribution is -2.39. The largest absolute Gasteiger partial charge is 0.480 e. The molecule has 0 amide bonds. The summed E-state index contributed by atoms with van der Waals surface area (Å²) in [5.74, 6) is -0.746. The van der Waals surface area contributed by atoms with Crippen LogP contribution in [-0.2, 0) is 4.79 Å². The minimum absolute atomic E-state index is 0.0916. The Hall–Kier alpha value is -1.24. The summed E-state index contributed by atoms with van der Waals surface area (Å²) >= 11 is 5.12. The van der Waals surface area contributed by atoms with Crippen molar-refractivity contribution in [1.82, 2.24) is 9.88 Å². The SMILES string of the molecule is O=C(O)C1CCCN1C(c1ccccn1)c1ccc(Br)s1. The number of carbonyl (C=O) groups is 1. The zero-order valence-electron chi connectivity index (χ0n) is 11.3. The fraction of sp³-hybridized carbons (Fsp3) is 0.333. The lowest BCUT2D eigenvalue weighted by molar-refractivity contribution is -0.142. The van der Waals surface area contributed by atoms with Gasteiger partial charge in [0.15, 0.2) is 0 Å². The van der Waals surface area contributed by atoms with Gasteiger partial charge in [0, 0.05) is 17.6 Å². The number of carboxylic acids is 1. The van der Waals surface area contributed by atoms with Crippen LogP contribution in [0.2, 0.25) is 0 Å². The molecule has 2 aromatic rings. The minimum atomic E-state index is -0.746. The highest BCUT2D eigenvalue weighted by molar-refractivity contribution is 9.11. The molecular formula is C15H15BrN2O2S. The summed E-state index contributed by atoms with van der Waals surface area (Å²) in [6, 6.07) is 9.32. The van der Waals surface area contributed by atoms with E-state index in [1.165, 1.54) is 0 Å². The molecule has 3 heterocycles. The third-order valence-corrected chi connectivity index (χ3v) is 5.42. The van der Waals surface area contributed by atoms with Crippen LogP contribution in [0.3, 0.4) is 0 Å². The van der Waals surface area contributed by atoms with Crippen LogP contribution >= 0.6 is 27.3 Å². The number of rotatable bonds is 4. The lowest BCUT2D eigenvalue weighted by atomic mass is 10.1. The molecule has 110 valence electrons. The third kappa shape index (κ3) is 3.02. The molecule has 2 atom stereocenters. The number of aliphatic carboxylic acids is 1. The smallest absolute Gasteiger partial charge is 0.320 e. The molecule has 4 nitrogen and oxygen atoms in total. The molecule has 2 unspecified atom stereocenters. The van der Waals surface area contributed by atoms with Gasteiger partial charge in [0.1, 0.15) is 6.04 Å². The molecular weight excluding hydrogens is 352 g/mol. The van der Waals surface area contributed by atoms with Crippen LogP contribution < -0.4 is 0 Å². The van der Waals surface area contributed by atoms with Crippen molar-refractivity contribution in [3.8, 4) is 0 Å². The van der Waals surface area contributed by atoms with Crippen molar-refractivity contribution in [3.05, 3.63) is 50.9 Å². The fourth-order valence-electron chi connectivity index (χ4n) is 2.86. The Bertz CT molecular complexity index is 632. The number of pyridine rings is 1. The highest BCUT2D eigenvalue weighted by atomic mass is 79.9. The summed E-state index contributed by atoms with van der Waals surface area (Å²) in [6.07, 6.45) is 3.37. The van der Waals surface area contributed by atoms with Crippen molar-refractivity contribution in [1.29, 1.82) is 0 Å². The maximum Gasteiger partial charge on any atom is 0.320 e. The topological polar surface area (TPSA) is 53.4 Å². The second kappa shape index (κ2) is 6.25. The molecule has 0 saturated carbocycles. The van der Waals surface area contributed by atoms with E-state index in [1.807, 2.05) is 30.3 Å². The van der Waals surface area contributed by atoms with Crippen LogP contribution in [0.1, 0.15) is 29.5 Å². The first-order chi connectivity index (χ1) is 10.2. The van der Waals surface area contributed by atoms with Gasteiger partial charge in [-0.25, -0.2) is 0 Å². The summed E-state index contributed by atoms with van der Waals surface area (Å²) in [6.45, 7) is 0.785. The number of hydrogen-bond donors (Lipinski definition) is 1. The van der Waals surface area contributed by atoms with Gasteiger partial charge in [-0.3, -0.25) is 14.7 Å². The van der Waals surface area contributed by atoms with E-state index in [1.54, 1.807) is 17.5 Å². The third-order valence-electron chi connectivity index (χ3n) is 3.74. The van der Waals surface area contributed by atoms with E-state index in [2.05, 4.69) is 25.8 Å². The highest BCUT2D eigenvalue weighted by Crippen LogP contribution is 2.38. The Kier molecular flexibility index (Phi) is 4.37. The van der Waals surface area contributed by atoms with Crippen molar-refractivity contribution < 1.29 is 9.90 Å². The first-order valence-corrected chi connectivity index (χ1v) is 8.42. The minimum Gasteiger partial charge on any atom is -0.480 e. The van der Waals surface area contributed by atoms with Crippen LogP contribution in [0.5, 0.6) is 0 Å². The average molecular weight is 367 g/mol. The quantitative estimate of drug-likeness (QED) is 0.898. The van der Waals surface area contributed by atoms with Crippen LogP contribution in [-0.4, -0.2) is 33.5 Å². The van der Waals surface area contributed by atoms with Crippen molar-refractivity contribution in [2.45, 2.75) is 24.9 Å². The number of aromatic nitrogens is 1. The molecule has 3 rings (SSSR count). The first kappa shape index (κ1) is 14.7. The monoisotopic (exact) mass is 366 g/mol. The van der Waals surface area contributed by atoms with Crippen molar-refractivity contribution in [3.63, 3.8) is 0 Å². The van der Waals surface area contributed by atoms with Gasteiger partial charge in [0.2, 0.25) is 0 Å². The normalized spacial score (nSPS) is 20.5. The van der Waals surface area contributed by atoms with E-state index in [0.717, 1.165) is 27.3 Å². The van der Waals surface area contributed by atoms with Crippen LogP contribution in [0, 0.1) is 0 Å². The Balaban J connectivity index is 2.02. The molecule has 0 bridgehead atoms. The van der Waals surface area contributed by atoms with Gasteiger partial charge in [0.05, 0.1) is 15.5 Å². The Morgan fingerprint density at radius 3 is 2.90 bits per heavy atom. The van der Waals surface area contributed by atoms with Crippen LogP contribution in [0.25, 0.3) is 0 Å². The van der Waals surface area contributed by atoms with Crippen LogP contribution in [0.15, 0.2) is 40.3 Å². The molecule has 6 heteroatoms. The van der Waals surface area contributed by atoms with Gasteiger partial charge in [-0.1, -0.05) is 6.07 Å². The number of hydrogen-bond acceptors (Lipinski definition) is 4. The summed E-state index contributed by atoms with van der Waals surface area (Å²) in [4.78, 5) is 19.2. The van der Waals surface area contributed by atoms with E-state index in [-0.39, 0.29) is 6.04 Å². The maximum atomic E-state index is 11.5. The zero-order chi connectivity index (χ0) is 14.8. The summed E-state index contributed by atoms with van der Waals surface area (Å²) < 4.78 is 1.05. The molecule has 0 aliphatic carbocycles. The average Bonchev–Trinajstić information content (AvgIpc) is 3.10. The summed E-state index contributed by atoms with van der Waals surface area (Å²) in [7, 11) is 0. The van der Waals surface area contributed by atoms with E-state index >= 15 is 0 Å². The Labute approximate surface area is 135 Å². The van der Waals surface area contributed by atoms with E-state index < -0.39 is 12.0 Å². The molecule has 1 fully saturated rings. The molecule has 0 spiro atoms. The predicted octanol–water partition coefficient (Wildman–Crippen LogP) is 3.54. The van der Waals surface area contributed by atoms with Gasteiger partial charge in [-0.15, -0.1) is 11.3 Å². The molecule has 1 aliphatic rings. The van der Waals surface area contributed by atoms with Gasteiger partial charge < -0.3 is 5.11 Å². The van der Waals surface area contributed by atoms with E-state index in [9.17, 15) is 9.90 Å². The second-order valence-electron chi connectivity index (χ2n) is 5.03. The summed E-state index contributed by atoms with van der Waals surface area (Å²) in [5, 5.41) is 9.46. The Morgan fingerprint density at radius 1 is 1.43 bits per heavy atom. The van der Waals surface area contributed by atoms with E-state index in [0.29, 0.717) is 6.42 Å². The van der Waals surface area contributed by atoms with Gasteiger partial charge in [-0.2, -0.15) is 0 Å². The number of thiophene rings is 1. The second-order valence-corrected chi connectivity index (χ2v) is 7.53. The maximum absolute atomic E-state index is 11.5. The van der Waals surface area contributed by atoms with Crippen molar-refractivity contribution in [2.24, 2.45) is 0 Å². The molecule has 1 aliphatic heterocycles. The van der Waals surface area contributed by atoms with E-state index in [4.69, 9.17) is 0 Å².